The molecule has 0 aromatic heterocycles. The number of nitrogens with two attached hydrogens (primary N) is 1. The molecule has 0 spiro atoms. The van der Waals surface area contributed by atoms with Crippen LogP contribution in [0.4, 0.5) is 0 Å². The van der Waals surface area contributed by atoms with Gasteiger partial charge in [0.2, 0.25) is 11.8 Å². The van der Waals surface area contributed by atoms with Crippen LogP contribution in [0.3, 0.4) is 0 Å². The van der Waals surface area contributed by atoms with Crippen molar-refractivity contribution in [1.82, 2.24) is 4.90 Å². The van der Waals surface area contributed by atoms with Crippen LogP contribution in [0, 0.1) is 5.92 Å². The van der Waals surface area contributed by atoms with Crippen molar-refractivity contribution in [2.75, 3.05) is 13.6 Å². The number of amides is 2. The zero-order valence-corrected chi connectivity index (χ0v) is 10.9. The molecule has 0 radical (unpaired) electrons. The highest BCUT2D eigenvalue weighted by Gasteiger charge is 2.46. The highest BCUT2D eigenvalue weighted by Crippen LogP contribution is 2.50. The molecular weight excluding hydrogens is 252 g/mol. The van der Waals surface area contributed by atoms with E-state index in [1.165, 1.54) is 4.90 Å². The average Bonchev–Trinajstić information content (AvgIpc) is 3.07. The van der Waals surface area contributed by atoms with Gasteiger partial charge in [-0.15, -0.1) is 0 Å². The van der Waals surface area contributed by atoms with Crippen molar-refractivity contribution in [3.05, 3.63) is 34.9 Å². The molecule has 4 nitrogen and oxygen atoms in total. The van der Waals surface area contributed by atoms with Crippen LogP contribution in [-0.4, -0.2) is 30.3 Å². The van der Waals surface area contributed by atoms with Gasteiger partial charge in [-0.05, 0) is 24.0 Å². The van der Waals surface area contributed by atoms with E-state index in [-0.39, 0.29) is 24.3 Å². The lowest BCUT2D eigenvalue weighted by Crippen LogP contribution is -2.36. The van der Waals surface area contributed by atoms with Gasteiger partial charge in [0.1, 0.15) is 0 Å². The first-order valence-electron chi connectivity index (χ1n) is 5.78. The molecule has 2 rings (SSSR count). The first kappa shape index (κ1) is 12.9. The number of primary amides is 1. The predicted octanol–water partition coefficient (Wildman–Crippen LogP) is 1.39. The Labute approximate surface area is 111 Å². The molecule has 0 bridgehead atoms. The van der Waals surface area contributed by atoms with Gasteiger partial charge in [0.15, 0.2) is 0 Å². The van der Waals surface area contributed by atoms with Crippen molar-refractivity contribution in [2.24, 2.45) is 11.7 Å². The first-order chi connectivity index (χ1) is 8.50. The second kappa shape index (κ2) is 4.98. The lowest BCUT2D eigenvalue weighted by Gasteiger charge is -2.15. The van der Waals surface area contributed by atoms with Gasteiger partial charge >= 0.3 is 0 Å². The Bertz CT molecular complexity index is 490. The molecule has 0 aliphatic heterocycles. The van der Waals surface area contributed by atoms with Gasteiger partial charge in [-0.2, -0.15) is 0 Å². The third-order valence-corrected chi connectivity index (χ3v) is 3.53. The molecule has 1 aromatic carbocycles. The van der Waals surface area contributed by atoms with Gasteiger partial charge in [-0.3, -0.25) is 9.59 Å². The summed E-state index contributed by atoms with van der Waals surface area (Å²) in [7, 11) is 1.59. The number of likely N-dealkylation sites (N-methyl/N-ethyl adjacent to an activating group) is 1. The summed E-state index contributed by atoms with van der Waals surface area (Å²) in [5.74, 6) is -0.449. The Balaban J connectivity index is 2.01. The van der Waals surface area contributed by atoms with Crippen LogP contribution in [0.25, 0.3) is 0 Å². The topological polar surface area (TPSA) is 63.4 Å². The predicted molar refractivity (Wildman–Crippen MR) is 69.1 cm³/mol. The van der Waals surface area contributed by atoms with Gasteiger partial charge in [-0.25, -0.2) is 0 Å². The Kier molecular flexibility index (Phi) is 3.57. The van der Waals surface area contributed by atoms with Crippen molar-refractivity contribution in [3.8, 4) is 0 Å². The van der Waals surface area contributed by atoms with E-state index in [0.717, 1.165) is 12.0 Å². The zero-order valence-electron chi connectivity index (χ0n) is 10.1. The molecule has 18 heavy (non-hydrogen) atoms. The van der Waals surface area contributed by atoms with E-state index in [4.69, 9.17) is 17.3 Å². The van der Waals surface area contributed by atoms with Crippen LogP contribution in [0.15, 0.2) is 24.3 Å². The van der Waals surface area contributed by atoms with E-state index in [9.17, 15) is 9.59 Å². The van der Waals surface area contributed by atoms with E-state index in [1.807, 2.05) is 24.3 Å². The van der Waals surface area contributed by atoms with Crippen molar-refractivity contribution in [3.63, 3.8) is 0 Å². The van der Waals surface area contributed by atoms with Crippen LogP contribution in [0.2, 0.25) is 5.02 Å². The molecule has 2 atom stereocenters. The highest BCUT2D eigenvalue weighted by molar-refractivity contribution is 6.31. The maximum absolute atomic E-state index is 12.0. The fraction of sp³-hybridized carbons (Fsp3) is 0.385. The molecule has 0 unspecified atom stereocenters. The van der Waals surface area contributed by atoms with Crippen LogP contribution < -0.4 is 5.73 Å². The second-order valence-corrected chi connectivity index (χ2v) is 5.04. The fourth-order valence-electron chi connectivity index (χ4n) is 2.18. The molecule has 5 heteroatoms. The smallest absolute Gasteiger partial charge is 0.237 e. The van der Waals surface area contributed by atoms with Gasteiger partial charge in [0, 0.05) is 18.0 Å². The van der Waals surface area contributed by atoms with Gasteiger partial charge < -0.3 is 10.6 Å². The number of nitrogens with zero attached hydrogens (tertiary/aromatic N) is 1. The SMILES string of the molecule is CN(CC(N)=O)C(=O)[C@@H]1C[C@@H]1c1ccccc1Cl. The fourth-order valence-corrected chi connectivity index (χ4v) is 2.46. The Morgan fingerprint density at radius 1 is 1.44 bits per heavy atom. The van der Waals surface area contributed by atoms with E-state index in [0.29, 0.717) is 5.02 Å². The summed E-state index contributed by atoms with van der Waals surface area (Å²) in [4.78, 5) is 24.2. The summed E-state index contributed by atoms with van der Waals surface area (Å²) < 4.78 is 0. The Morgan fingerprint density at radius 2 is 2.11 bits per heavy atom. The van der Waals surface area contributed by atoms with Crippen LogP contribution in [0.1, 0.15) is 17.9 Å². The summed E-state index contributed by atoms with van der Waals surface area (Å²) in [6.07, 6.45) is 0.783. The van der Waals surface area contributed by atoms with Gasteiger partial charge in [0.05, 0.1) is 6.54 Å². The number of carbonyl (C=O) groups excluding carboxylic acids is 2. The molecular formula is C13H15ClN2O2. The molecule has 0 heterocycles. The Hall–Kier alpha value is -1.55. The van der Waals surface area contributed by atoms with Crippen molar-refractivity contribution < 1.29 is 9.59 Å². The second-order valence-electron chi connectivity index (χ2n) is 4.63. The lowest BCUT2D eigenvalue weighted by molar-refractivity contribution is -0.134. The van der Waals surface area contributed by atoms with Crippen LogP contribution in [0.5, 0.6) is 0 Å². The monoisotopic (exact) mass is 266 g/mol. The largest absolute Gasteiger partial charge is 0.368 e. The van der Waals surface area contributed by atoms with Crippen molar-refractivity contribution in [2.45, 2.75) is 12.3 Å². The third kappa shape index (κ3) is 2.64. The standard InChI is InChI=1S/C13H15ClN2O2/c1-16(7-12(15)17)13(18)10-6-9(10)8-4-2-3-5-11(8)14/h2-5,9-10H,6-7H2,1H3,(H2,15,17)/t9-,10-/m1/s1. The Morgan fingerprint density at radius 3 is 2.72 bits per heavy atom. The van der Waals surface area contributed by atoms with E-state index >= 15 is 0 Å². The van der Waals surface area contributed by atoms with E-state index in [2.05, 4.69) is 0 Å². The third-order valence-electron chi connectivity index (χ3n) is 3.18. The molecule has 0 saturated heterocycles. The molecule has 2 N–H and O–H groups in total. The van der Waals surface area contributed by atoms with Crippen LogP contribution >= 0.6 is 11.6 Å². The zero-order chi connectivity index (χ0) is 13.3. The van der Waals surface area contributed by atoms with Gasteiger partial charge in [0.25, 0.3) is 0 Å². The average molecular weight is 267 g/mol. The molecule has 1 fully saturated rings. The maximum atomic E-state index is 12.0. The number of benzene rings is 1. The number of hydrogen-bond acceptors (Lipinski definition) is 2. The number of hydrogen-bond donors (Lipinski definition) is 1. The molecule has 1 saturated carbocycles. The quantitative estimate of drug-likeness (QED) is 0.895. The van der Waals surface area contributed by atoms with Gasteiger partial charge in [-0.1, -0.05) is 29.8 Å². The first-order valence-corrected chi connectivity index (χ1v) is 6.16. The summed E-state index contributed by atoms with van der Waals surface area (Å²) in [6, 6.07) is 7.54. The number of rotatable bonds is 4. The normalized spacial score (nSPS) is 21.4. The van der Waals surface area contributed by atoms with Crippen molar-refractivity contribution >= 4 is 23.4 Å². The molecule has 1 aromatic rings. The minimum absolute atomic E-state index is 0.0371. The molecule has 96 valence electrons. The maximum Gasteiger partial charge on any atom is 0.237 e. The minimum atomic E-state index is -0.499. The van der Waals surface area contributed by atoms with Crippen LogP contribution in [-0.2, 0) is 9.59 Å². The summed E-state index contributed by atoms with van der Waals surface area (Å²) >= 11 is 6.09. The number of carbonyl (C=O) groups is 2. The highest BCUT2D eigenvalue weighted by atomic mass is 35.5. The van der Waals surface area contributed by atoms with Crippen molar-refractivity contribution in [1.29, 1.82) is 0 Å². The van der Waals surface area contributed by atoms with E-state index < -0.39 is 5.91 Å². The molecule has 1 aliphatic carbocycles. The summed E-state index contributed by atoms with van der Waals surface area (Å²) in [5, 5.41) is 0.690. The molecule has 1 aliphatic rings. The molecule has 2 amide bonds. The lowest BCUT2D eigenvalue weighted by atomic mass is 10.1. The summed E-state index contributed by atoms with van der Waals surface area (Å²) in [6.45, 7) is -0.0371. The summed E-state index contributed by atoms with van der Waals surface area (Å²) in [5.41, 5.74) is 6.07. The number of halogens is 1. The van der Waals surface area contributed by atoms with E-state index in [1.54, 1.807) is 7.05 Å². The minimum Gasteiger partial charge on any atom is -0.368 e.